The fourth-order valence-corrected chi connectivity index (χ4v) is 5.72. The van der Waals surface area contributed by atoms with Crippen LogP contribution in [0, 0.1) is 12.8 Å². The van der Waals surface area contributed by atoms with E-state index in [9.17, 15) is 18.0 Å². The lowest BCUT2D eigenvalue weighted by molar-refractivity contribution is -0.126. The summed E-state index contributed by atoms with van der Waals surface area (Å²) < 4.78 is 33.4. The molecule has 33 heavy (non-hydrogen) atoms. The molecular weight excluding hydrogens is 442 g/mol. The summed E-state index contributed by atoms with van der Waals surface area (Å²) in [6, 6.07) is 12.5. The van der Waals surface area contributed by atoms with Gasteiger partial charge in [-0.25, -0.2) is 8.42 Å². The third-order valence-corrected chi connectivity index (χ3v) is 8.05. The molecule has 1 saturated heterocycles. The van der Waals surface area contributed by atoms with E-state index in [1.54, 1.807) is 6.07 Å². The van der Waals surface area contributed by atoms with Crippen molar-refractivity contribution in [1.82, 2.24) is 9.62 Å². The summed E-state index contributed by atoms with van der Waals surface area (Å²) in [5, 5.41) is 5.70. The van der Waals surface area contributed by atoms with Crippen molar-refractivity contribution in [3.63, 3.8) is 0 Å². The van der Waals surface area contributed by atoms with E-state index < -0.39 is 16.1 Å². The predicted octanol–water partition coefficient (Wildman–Crippen LogP) is 2.82. The molecule has 176 valence electrons. The van der Waals surface area contributed by atoms with Crippen LogP contribution >= 0.6 is 0 Å². The van der Waals surface area contributed by atoms with E-state index in [1.165, 1.54) is 16.4 Å². The smallest absolute Gasteiger partial charge is 0.265 e. The number of fused-ring (bicyclic) bond motifs is 1. The highest BCUT2D eigenvalue weighted by Gasteiger charge is 2.33. The van der Waals surface area contributed by atoms with Crippen LogP contribution in [-0.4, -0.2) is 43.7 Å². The Labute approximate surface area is 194 Å². The van der Waals surface area contributed by atoms with Crippen LogP contribution < -0.4 is 15.4 Å². The number of carbonyl (C=O) groups is 2. The molecule has 0 unspecified atom stereocenters. The first-order valence-corrected chi connectivity index (χ1v) is 12.7. The molecule has 2 N–H and O–H groups in total. The van der Waals surface area contributed by atoms with E-state index in [0.29, 0.717) is 37.2 Å². The summed E-state index contributed by atoms with van der Waals surface area (Å²) in [5.74, 6) is -0.0856. The molecule has 0 bridgehead atoms. The van der Waals surface area contributed by atoms with E-state index in [2.05, 4.69) is 10.6 Å². The summed E-state index contributed by atoms with van der Waals surface area (Å²) in [5.41, 5.74) is 2.53. The normalized spacial score (nSPS) is 19.3. The number of piperidine rings is 1. The maximum Gasteiger partial charge on any atom is 0.265 e. The van der Waals surface area contributed by atoms with Gasteiger partial charge in [0.15, 0.2) is 6.10 Å². The van der Waals surface area contributed by atoms with Crippen molar-refractivity contribution < 1.29 is 22.7 Å². The maximum atomic E-state index is 13.2. The zero-order chi connectivity index (χ0) is 23.6. The highest BCUT2D eigenvalue weighted by molar-refractivity contribution is 7.89. The van der Waals surface area contributed by atoms with Crippen molar-refractivity contribution in [1.29, 1.82) is 0 Å². The minimum absolute atomic E-state index is 0.0484. The second kappa shape index (κ2) is 9.52. The first-order valence-electron chi connectivity index (χ1n) is 11.2. The summed E-state index contributed by atoms with van der Waals surface area (Å²) >= 11 is 0. The van der Waals surface area contributed by atoms with Gasteiger partial charge in [0.2, 0.25) is 15.9 Å². The molecule has 0 spiro atoms. The third kappa shape index (κ3) is 5.04. The number of hydrogen-bond donors (Lipinski definition) is 2. The van der Waals surface area contributed by atoms with Gasteiger partial charge in [0.1, 0.15) is 5.75 Å². The molecule has 2 heterocycles. The Balaban J connectivity index is 1.36. The number of sulfonamides is 1. The van der Waals surface area contributed by atoms with Gasteiger partial charge in [-0.15, -0.1) is 0 Å². The van der Waals surface area contributed by atoms with Gasteiger partial charge in [-0.05, 0) is 49.9 Å². The average Bonchev–Trinajstić information content (AvgIpc) is 2.81. The van der Waals surface area contributed by atoms with Gasteiger partial charge in [-0.3, -0.25) is 9.59 Å². The van der Waals surface area contributed by atoms with Crippen molar-refractivity contribution in [3.8, 4) is 5.75 Å². The predicted molar refractivity (Wildman–Crippen MR) is 124 cm³/mol. The Bertz CT molecular complexity index is 1160. The zero-order valence-corrected chi connectivity index (χ0v) is 19.7. The molecule has 0 aromatic heterocycles. The molecular formula is C24H29N3O5S. The van der Waals surface area contributed by atoms with Crippen LogP contribution in [0.3, 0.4) is 0 Å². The fraction of sp³-hybridized carbons (Fsp3) is 0.417. The number of amides is 2. The van der Waals surface area contributed by atoms with Crippen LogP contribution in [-0.2, 0) is 26.2 Å². The van der Waals surface area contributed by atoms with Gasteiger partial charge in [-0.1, -0.05) is 36.8 Å². The van der Waals surface area contributed by atoms with Crippen LogP contribution in [0.5, 0.6) is 5.75 Å². The quantitative estimate of drug-likeness (QED) is 0.674. The zero-order valence-electron chi connectivity index (χ0n) is 18.8. The van der Waals surface area contributed by atoms with E-state index in [0.717, 1.165) is 11.1 Å². The number of carbonyl (C=O) groups excluding carboxylic acids is 2. The van der Waals surface area contributed by atoms with Gasteiger partial charge < -0.3 is 15.4 Å². The van der Waals surface area contributed by atoms with Crippen molar-refractivity contribution in [3.05, 3.63) is 53.6 Å². The lowest BCUT2D eigenvalue weighted by atomic mass is 9.97. The second-order valence-electron chi connectivity index (χ2n) is 8.55. The number of ether oxygens (including phenoxy) is 1. The van der Waals surface area contributed by atoms with E-state index >= 15 is 0 Å². The molecule has 8 nitrogen and oxygen atoms in total. The minimum Gasteiger partial charge on any atom is -0.478 e. The fourth-order valence-electron chi connectivity index (χ4n) is 4.22. The molecule has 1 atom stereocenters. The average molecular weight is 472 g/mol. The van der Waals surface area contributed by atoms with Crippen LogP contribution in [0.2, 0.25) is 0 Å². The second-order valence-corrected chi connectivity index (χ2v) is 10.5. The molecule has 2 amide bonds. The maximum absolute atomic E-state index is 13.2. The lowest BCUT2D eigenvalue weighted by Gasteiger charge is -2.31. The van der Waals surface area contributed by atoms with Crippen LogP contribution in [0.15, 0.2) is 47.4 Å². The number of benzene rings is 2. The topological polar surface area (TPSA) is 105 Å². The SMILES string of the molecule is CC[C@H]1Oc2ccc(S(=O)(=O)N3CCC(C(=O)NCc4cccc(C)c4)CC3)cc2NC1=O. The largest absolute Gasteiger partial charge is 0.478 e. The number of rotatable bonds is 6. The van der Waals surface area contributed by atoms with Crippen LogP contribution in [0.25, 0.3) is 0 Å². The van der Waals surface area contributed by atoms with Gasteiger partial charge >= 0.3 is 0 Å². The van der Waals surface area contributed by atoms with Gasteiger partial charge in [0, 0.05) is 25.6 Å². The molecule has 0 aliphatic carbocycles. The van der Waals surface area contributed by atoms with E-state index in [4.69, 9.17) is 4.74 Å². The molecule has 4 rings (SSSR count). The van der Waals surface area contributed by atoms with Gasteiger partial charge in [0.25, 0.3) is 5.91 Å². The molecule has 9 heteroatoms. The summed E-state index contributed by atoms with van der Waals surface area (Å²) in [6.07, 6.45) is 0.874. The lowest BCUT2D eigenvalue weighted by Crippen LogP contribution is -2.43. The standard InChI is InChI=1S/C24H29N3O5S/c1-3-21-24(29)26-20-14-19(7-8-22(20)32-21)33(30,31)27-11-9-18(10-12-27)23(28)25-15-17-6-4-5-16(2)13-17/h4-8,13-14,18,21H,3,9-12,15H2,1-2H3,(H,25,28)(H,26,29)/t21-/m1/s1. The Kier molecular flexibility index (Phi) is 6.71. The molecule has 1 fully saturated rings. The van der Waals surface area contributed by atoms with Crippen molar-refractivity contribution in [2.24, 2.45) is 5.92 Å². The number of anilines is 1. The van der Waals surface area contributed by atoms with Gasteiger partial charge in [0.05, 0.1) is 10.6 Å². The van der Waals surface area contributed by atoms with Crippen molar-refractivity contribution >= 4 is 27.5 Å². The summed E-state index contributed by atoms with van der Waals surface area (Å²) in [7, 11) is -3.75. The Morgan fingerprint density at radius 1 is 1.18 bits per heavy atom. The first-order chi connectivity index (χ1) is 15.8. The number of nitrogens with one attached hydrogen (secondary N) is 2. The molecule has 2 aromatic rings. The van der Waals surface area contributed by atoms with Crippen molar-refractivity contribution in [2.45, 2.75) is 50.7 Å². The molecule has 0 saturated carbocycles. The first kappa shape index (κ1) is 23.3. The number of nitrogens with zero attached hydrogens (tertiary/aromatic N) is 1. The Morgan fingerprint density at radius 2 is 1.94 bits per heavy atom. The Hall–Kier alpha value is -2.91. The highest BCUT2D eigenvalue weighted by atomic mass is 32.2. The van der Waals surface area contributed by atoms with Crippen LogP contribution in [0.4, 0.5) is 5.69 Å². The molecule has 2 aromatic carbocycles. The summed E-state index contributed by atoms with van der Waals surface area (Å²) in [6.45, 7) is 4.85. The number of aryl methyl sites for hydroxylation is 1. The highest BCUT2D eigenvalue weighted by Crippen LogP contribution is 2.34. The van der Waals surface area contributed by atoms with Gasteiger partial charge in [-0.2, -0.15) is 4.31 Å². The summed E-state index contributed by atoms with van der Waals surface area (Å²) in [4.78, 5) is 24.8. The van der Waals surface area contributed by atoms with Crippen LogP contribution in [0.1, 0.15) is 37.3 Å². The molecule has 2 aliphatic rings. The van der Waals surface area contributed by atoms with Crippen molar-refractivity contribution in [2.75, 3.05) is 18.4 Å². The van der Waals surface area contributed by atoms with E-state index in [1.807, 2.05) is 38.1 Å². The number of hydrogen-bond acceptors (Lipinski definition) is 5. The Morgan fingerprint density at radius 3 is 2.64 bits per heavy atom. The molecule has 0 radical (unpaired) electrons. The van der Waals surface area contributed by atoms with E-state index in [-0.39, 0.29) is 35.7 Å². The monoisotopic (exact) mass is 471 g/mol. The minimum atomic E-state index is -3.75. The molecule has 2 aliphatic heterocycles. The third-order valence-electron chi connectivity index (χ3n) is 6.15.